The van der Waals surface area contributed by atoms with Gasteiger partial charge in [-0.1, -0.05) is 30.3 Å². The maximum atomic E-state index is 12.2. The Hall–Kier alpha value is -2.72. The van der Waals surface area contributed by atoms with Gasteiger partial charge >= 0.3 is 0 Å². The zero-order chi connectivity index (χ0) is 17.2. The zero-order valence-electron chi connectivity index (χ0n) is 12.9. The van der Waals surface area contributed by atoms with Crippen molar-refractivity contribution in [1.82, 2.24) is 10.6 Å². The van der Waals surface area contributed by atoms with Gasteiger partial charge in [-0.05, 0) is 17.7 Å². The van der Waals surface area contributed by atoms with E-state index in [4.69, 9.17) is 9.68 Å². The van der Waals surface area contributed by atoms with Crippen molar-refractivity contribution < 1.29 is 14.0 Å². The number of nitrogens with zero attached hydrogens (tertiary/aromatic N) is 1. The van der Waals surface area contributed by atoms with Crippen molar-refractivity contribution in [3.05, 3.63) is 60.1 Å². The molecule has 0 radical (unpaired) electrons. The summed E-state index contributed by atoms with van der Waals surface area (Å²) >= 11 is 1.41. The van der Waals surface area contributed by atoms with Crippen LogP contribution in [-0.2, 0) is 10.5 Å². The second-order valence-corrected chi connectivity index (χ2v) is 6.04. The van der Waals surface area contributed by atoms with Gasteiger partial charge in [0.15, 0.2) is 5.76 Å². The van der Waals surface area contributed by atoms with Gasteiger partial charge in [0.2, 0.25) is 5.91 Å². The molecule has 2 aromatic rings. The number of amides is 2. The van der Waals surface area contributed by atoms with Crippen LogP contribution in [0, 0.1) is 11.3 Å². The molecule has 7 heteroatoms. The number of carbonyl (C=O) groups excluding carboxylic acids is 2. The van der Waals surface area contributed by atoms with Crippen molar-refractivity contribution >= 4 is 23.6 Å². The lowest BCUT2D eigenvalue weighted by atomic mass is 10.2. The molecular formula is C17H17N3O3S. The highest BCUT2D eigenvalue weighted by Crippen LogP contribution is 2.18. The van der Waals surface area contributed by atoms with Crippen molar-refractivity contribution in [2.75, 3.05) is 13.1 Å². The lowest BCUT2D eigenvalue weighted by Crippen LogP contribution is -2.41. The van der Waals surface area contributed by atoms with E-state index in [-0.39, 0.29) is 30.7 Å². The highest BCUT2D eigenvalue weighted by Gasteiger charge is 2.20. The van der Waals surface area contributed by atoms with Gasteiger partial charge in [-0.15, -0.1) is 11.8 Å². The number of thioether (sulfide) groups is 1. The van der Waals surface area contributed by atoms with E-state index in [0.717, 1.165) is 5.56 Å². The quantitative estimate of drug-likeness (QED) is 0.714. The summed E-state index contributed by atoms with van der Waals surface area (Å²) in [5.74, 6) is 0.164. The van der Waals surface area contributed by atoms with E-state index in [1.54, 1.807) is 12.1 Å². The van der Waals surface area contributed by atoms with E-state index < -0.39 is 5.25 Å². The first-order valence-electron chi connectivity index (χ1n) is 7.32. The number of hydrogen-bond acceptors (Lipinski definition) is 5. The number of rotatable bonds is 8. The topological polar surface area (TPSA) is 95.1 Å². The van der Waals surface area contributed by atoms with Crippen LogP contribution in [-0.4, -0.2) is 30.2 Å². The van der Waals surface area contributed by atoms with Gasteiger partial charge in [-0.25, -0.2) is 0 Å². The molecule has 1 aromatic carbocycles. The Labute approximate surface area is 144 Å². The Morgan fingerprint density at radius 1 is 1.17 bits per heavy atom. The van der Waals surface area contributed by atoms with Crippen LogP contribution in [0.25, 0.3) is 0 Å². The maximum Gasteiger partial charge on any atom is 0.287 e. The molecule has 1 aromatic heterocycles. The van der Waals surface area contributed by atoms with Crippen LogP contribution in [0.4, 0.5) is 0 Å². The molecule has 2 amide bonds. The molecule has 0 aliphatic rings. The van der Waals surface area contributed by atoms with E-state index in [0.29, 0.717) is 5.75 Å². The van der Waals surface area contributed by atoms with Crippen LogP contribution in [0.3, 0.4) is 0 Å². The standard InChI is InChI=1S/C17H17N3O3S/c18-8-9-19-17(22)15(24-12-13-5-2-1-3-6-13)11-20-16(21)14-7-4-10-23-14/h1-7,10,15H,9,11-12H2,(H,19,22)(H,20,21). The highest BCUT2D eigenvalue weighted by atomic mass is 32.2. The molecule has 0 bridgehead atoms. The van der Waals surface area contributed by atoms with Crippen LogP contribution < -0.4 is 10.6 Å². The van der Waals surface area contributed by atoms with Crippen LogP contribution in [0.5, 0.6) is 0 Å². The smallest absolute Gasteiger partial charge is 0.287 e. The molecule has 0 fully saturated rings. The first kappa shape index (κ1) is 17.6. The summed E-state index contributed by atoms with van der Waals surface area (Å²) in [5.41, 5.74) is 1.08. The van der Waals surface area contributed by atoms with Crippen molar-refractivity contribution in [3.8, 4) is 6.07 Å². The zero-order valence-corrected chi connectivity index (χ0v) is 13.7. The molecule has 0 saturated carbocycles. The molecular weight excluding hydrogens is 326 g/mol. The molecule has 1 unspecified atom stereocenters. The van der Waals surface area contributed by atoms with Crippen molar-refractivity contribution in [3.63, 3.8) is 0 Å². The molecule has 1 heterocycles. The average molecular weight is 343 g/mol. The van der Waals surface area contributed by atoms with Gasteiger partial charge in [0.1, 0.15) is 11.8 Å². The van der Waals surface area contributed by atoms with E-state index in [1.165, 1.54) is 18.0 Å². The molecule has 2 N–H and O–H groups in total. The Kier molecular flexibility index (Phi) is 6.92. The molecule has 2 rings (SSSR count). The van der Waals surface area contributed by atoms with Gasteiger partial charge in [-0.2, -0.15) is 5.26 Å². The second-order valence-electron chi connectivity index (χ2n) is 4.85. The van der Waals surface area contributed by atoms with Crippen LogP contribution >= 0.6 is 11.8 Å². The normalized spacial score (nSPS) is 11.3. The number of benzene rings is 1. The highest BCUT2D eigenvalue weighted by molar-refractivity contribution is 7.99. The largest absolute Gasteiger partial charge is 0.459 e. The minimum Gasteiger partial charge on any atom is -0.459 e. The summed E-state index contributed by atoms with van der Waals surface area (Å²) in [7, 11) is 0. The Bertz CT molecular complexity index is 696. The summed E-state index contributed by atoms with van der Waals surface area (Å²) in [5, 5.41) is 13.3. The summed E-state index contributed by atoms with van der Waals surface area (Å²) < 4.78 is 5.02. The third-order valence-corrected chi connectivity index (χ3v) is 4.40. The Morgan fingerprint density at radius 3 is 2.62 bits per heavy atom. The van der Waals surface area contributed by atoms with E-state index in [1.807, 2.05) is 36.4 Å². The van der Waals surface area contributed by atoms with Gasteiger partial charge in [0, 0.05) is 12.3 Å². The average Bonchev–Trinajstić information content (AvgIpc) is 3.15. The van der Waals surface area contributed by atoms with Gasteiger partial charge in [0.05, 0.1) is 12.3 Å². The summed E-state index contributed by atoms with van der Waals surface area (Å²) in [6.45, 7) is 0.0850. The van der Waals surface area contributed by atoms with Crippen LogP contribution in [0.1, 0.15) is 16.1 Å². The minimum atomic E-state index is -0.502. The summed E-state index contributed by atoms with van der Waals surface area (Å²) in [4.78, 5) is 24.1. The molecule has 0 saturated heterocycles. The van der Waals surface area contributed by atoms with Gasteiger partial charge in [0.25, 0.3) is 5.91 Å². The number of nitrogens with one attached hydrogen (secondary N) is 2. The molecule has 6 nitrogen and oxygen atoms in total. The van der Waals surface area contributed by atoms with Crippen molar-refractivity contribution in [1.29, 1.82) is 5.26 Å². The van der Waals surface area contributed by atoms with E-state index in [2.05, 4.69) is 10.6 Å². The molecule has 0 aliphatic heterocycles. The predicted molar refractivity (Wildman–Crippen MR) is 91.2 cm³/mol. The third-order valence-electron chi connectivity index (χ3n) is 3.12. The van der Waals surface area contributed by atoms with Crippen molar-refractivity contribution in [2.24, 2.45) is 0 Å². The van der Waals surface area contributed by atoms with Crippen LogP contribution in [0.2, 0.25) is 0 Å². The number of nitriles is 1. The van der Waals surface area contributed by atoms with Gasteiger partial charge in [-0.3, -0.25) is 9.59 Å². The molecule has 0 aliphatic carbocycles. The summed E-state index contributed by atoms with van der Waals surface area (Å²) in [6, 6.07) is 14.8. The first-order chi connectivity index (χ1) is 11.7. The SMILES string of the molecule is N#CCNC(=O)C(CNC(=O)c1ccco1)SCc1ccccc1. The lowest BCUT2D eigenvalue weighted by molar-refractivity contribution is -0.120. The molecule has 24 heavy (non-hydrogen) atoms. The number of hydrogen-bond donors (Lipinski definition) is 2. The summed E-state index contributed by atoms with van der Waals surface area (Å²) in [6.07, 6.45) is 1.41. The molecule has 1 atom stereocenters. The minimum absolute atomic E-state index is 0.0621. The number of furan rings is 1. The Morgan fingerprint density at radius 2 is 1.96 bits per heavy atom. The fraction of sp³-hybridized carbons (Fsp3) is 0.235. The first-order valence-corrected chi connectivity index (χ1v) is 8.37. The molecule has 124 valence electrons. The second kappa shape index (κ2) is 9.43. The van der Waals surface area contributed by atoms with E-state index in [9.17, 15) is 9.59 Å². The lowest BCUT2D eigenvalue weighted by Gasteiger charge is -2.16. The van der Waals surface area contributed by atoms with Gasteiger partial charge < -0.3 is 15.1 Å². The fourth-order valence-corrected chi connectivity index (χ4v) is 2.94. The van der Waals surface area contributed by atoms with Crippen molar-refractivity contribution in [2.45, 2.75) is 11.0 Å². The maximum absolute atomic E-state index is 12.2. The third kappa shape index (κ3) is 5.48. The van der Waals surface area contributed by atoms with E-state index >= 15 is 0 Å². The predicted octanol–water partition coefficient (Wildman–Crippen LogP) is 1.95. The number of carbonyl (C=O) groups is 2. The Balaban J connectivity index is 1.93. The molecule has 0 spiro atoms. The van der Waals surface area contributed by atoms with Crippen LogP contribution in [0.15, 0.2) is 53.1 Å². The monoisotopic (exact) mass is 343 g/mol. The fourth-order valence-electron chi connectivity index (χ4n) is 1.92.